The molecule has 0 radical (unpaired) electrons. The van der Waals surface area contributed by atoms with Crippen LogP contribution in [0, 0.1) is 6.92 Å². The van der Waals surface area contributed by atoms with E-state index in [9.17, 15) is 9.59 Å². The van der Waals surface area contributed by atoms with E-state index in [1.54, 1.807) is 43.4 Å². The molecule has 9 heteroatoms. The molecule has 0 aliphatic carbocycles. The Morgan fingerprint density at radius 2 is 1.88 bits per heavy atom. The van der Waals surface area contributed by atoms with Crippen LogP contribution in [0.1, 0.15) is 25.1 Å². The topological polar surface area (TPSA) is 91.0 Å². The molecule has 0 fully saturated rings. The lowest BCUT2D eigenvalue weighted by Gasteiger charge is -2.15. The second-order valence-corrected chi connectivity index (χ2v) is 7.70. The molecule has 8 nitrogen and oxygen atoms in total. The first-order valence-electron chi connectivity index (χ1n) is 10.7. The molecule has 176 valence electrons. The molecule has 34 heavy (non-hydrogen) atoms. The molecule has 0 aliphatic heterocycles. The molecule has 0 amide bonds. The number of allylic oxidation sites excluding steroid dienone is 4. The zero-order valence-electron chi connectivity index (χ0n) is 19.2. The third kappa shape index (κ3) is 6.55. The van der Waals surface area contributed by atoms with E-state index in [0.29, 0.717) is 16.6 Å². The monoisotopic (exact) mass is 479 g/mol. The molecule has 0 aliphatic rings. The van der Waals surface area contributed by atoms with Gasteiger partial charge in [0, 0.05) is 29.0 Å². The first-order chi connectivity index (χ1) is 16.4. The minimum absolute atomic E-state index is 0.133. The van der Waals surface area contributed by atoms with Gasteiger partial charge in [-0.2, -0.15) is 4.98 Å². The molecule has 0 saturated carbocycles. The first-order valence-corrected chi connectivity index (χ1v) is 11.1. The maximum absolute atomic E-state index is 13.0. The van der Waals surface area contributed by atoms with Crippen LogP contribution < -0.4 is 21.4 Å². The van der Waals surface area contributed by atoms with Crippen molar-refractivity contribution in [3.63, 3.8) is 0 Å². The Bertz CT molecular complexity index is 1340. The molecule has 1 aromatic carbocycles. The number of ether oxygens (including phenoxy) is 1. The van der Waals surface area contributed by atoms with Crippen LogP contribution in [0.4, 0.5) is 5.95 Å². The largest absolute Gasteiger partial charge is 0.447 e. The summed E-state index contributed by atoms with van der Waals surface area (Å²) in [6.45, 7) is 5.90. The van der Waals surface area contributed by atoms with Gasteiger partial charge in [0.1, 0.15) is 0 Å². The van der Waals surface area contributed by atoms with Crippen LogP contribution in [-0.4, -0.2) is 19.1 Å². The van der Waals surface area contributed by atoms with Gasteiger partial charge in [-0.05, 0) is 62.8 Å². The fourth-order valence-corrected chi connectivity index (χ4v) is 3.22. The van der Waals surface area contributed by atoms with Gasteiger partial charge in [0.15, 0.2) is 0 Å². The Hall–Kier alpha value is -3.91. The molecule has 0 bridgehead atoms. The van der Waals surface area contributed by atoms with E-state index < -0.39 is 11.4 Å². The Morgan fingerprint density at radius 1 is 1.12 bits per heavy atom. The fraction of sp³-hybridized carbons (Fsp3) is 0.200. The van der Waals surface area contributed by atoms with Crippen molar-refractivity contribution in [2.45, 2.75) is 33.9 Å². The van der Waals surface area contributed by atoms with Crippen LogP contribution in [0.25, 0.3) is 0 Å². The van der Waals surface area contributed by atoms with Gasteiger partial charge < -0.3 is 10.1 Å². The van der Waals surface area contributed by atoms with Gasteiger partial charge in [-0.25, -0.2) is 19.1 Å². The number of hydrogen-bond donors (Lipinski definition) is 1. The van der Waals surface area contributed by atoms with Gasteiger partial charge in [0.2, 0.25) is 11.8 Å². The SMILES string of the molecule is C\C=C/C(=C\C=C\Oc1cccc(C)n1)Nc1nc(=O)n(CC)c(=O)n1Cc1ccc(Cl)cc1. The Labute approximate surface area is 202 Å². The summed E-state index contributed by atoms with van der Waals surface area (Å²) in [7, 11) is 0. The summed E-state index contributed by atoms with van der Waals surface area (Å²) >= 11 is 5.98. The van der Waals surface area contributed by atoms with Crippen molar-refractivity contribution in [2.24, 2.45) is 0 Å². The lowest BCUT2D eigenvalue weighted by Crippen LogP contribution is -2.42. The molecule has 2 heterocycles. The molecule has 3 aromatic rings. The van der Waals surface area contributed by atoms with E-state index in [1.165, 1.54) is 10.8 Å². The predicted molar refractivity (Wildman–Crippen MR) is 134 cm³/mol. The average molecular weight is 480 g/mol. The van der Waals surface area contributed by atoms with Crippen LogP contribution in [0.3, 0.4) is 0 Å². The number of anilines is 1. The highest BCUT2D eigenvalue weighted by molar-refractivity contribution is 6.30. The molecule has 1 N–H and O–H groups in total. The number of halogens is 1. The van der Waals surface area contributed by atoms with Crippen LogP contribution >= 0.6 is 11.6 Å². The second kappa shape index (κ2) is 11.8. The number of nitrogens with one attached hydrogen (secondary N) is 1. The van der Waals surface area contributed by atoms with E-state index in [0.717, 1.165) is 15.8 Å². The van der Waals surface area contributed by atoms with Crippen molar-refractivity contribution in [3.05, 3.63) is 116 Å². The molecule has 0 spiro atoms. The lowest BCUT2D eigenvalue weighted by molar-refractivity contribution is 0.460. The van der Waals surface area contributed by atoms with Gasteiger partial charge in [-0.15, -0.1) is 0 Å². The third-order valence-corrected chi connectivity index (χ3v) is 4.98. The lowest BCUT2D eigenvalue weighted by atomic mass is 10.2. The number of aryl methyl sites for hydroxylation is 1. The second-order valence-electron chi connectivity index (χ2n) is 7.27. The van der Waals surface area contributed by atoms with E-state index in [2.05, 4.69) is 15.3 Å². The molecular formula is C25H26ClN5O3. The summed E-state index contributed by atoms with van der Waals surface area (Å²) in [4.78, 5) is 33.9. The molecule has 0 atom stereocenters. The highest BCUT2D eigenvalue weighted by Gasteiger charge is 2.13. The minimum atomic E-state index is -0.619. The van der Waals surface area contributed by atoms with E-state index >= 15 is 0 Å². The number of hydrogen-bond acceptors (Lipinski definition) is 6. The molecular weight excluding hydrogens is 454 g/mol. The molecule has 3 rings (SSSR count). The van der Waals surface area contributed by atoms with Crippen molar-refractivity contribution in [2.75, 3.05) is 5.32 Å². The van der Waals surface area contributed by atoms with Crippen molar-refractivity contribution in [1.82, 2.24) is 19.1 Å². The van der Waals surface area contributed by atoms with E-state index in [4.69, 9.17) is 16.3 Å². The third-order valence-electron chi connectivity index (χ3n) is 4.73. The summed E-state index contributed by atoms with van der Waals surface area (Å²) in [5.41, 5.74) is 1.22. The maximum atomic E-state index is 13.0. The van der Waals surface area contributed by atoms with Crippen LogP contribution in [0.2, 0.25) is 5.02 Å². The van der Waals surface area contributed by atoms with Crippen molar-refractivity contribution >= 4 is 17.5 Å². The first kappa shape index (κ1) is 24.7. The van der Waals surface area contributed by atoms with Gasteiger partial charge in [0.05, 0.1) is 12.8 Å². The minimum Gasteiger partial charge on any atom is -0.447 e. The van der Waals surface area contributed by atoms with Gasteiger partial charge >= 0.3 is 11.4 Å². The van der Waals surface area contributed by atoms with Crippen molar-refractivity contribution < 1.29 is 4.74 Å². The van der Waals surface area contributed by atoms with Crippen molar-refractivity contribution in [3.8, 4) is 5.88 Å². The number of aromatic nitrogens is 4. The maximum Gasteiger partial charge on any atom is 0.354 e. The van der Waals surface area contributed by atoms with E-state index in [1.807, 2.05) is 44.2 Å². The average Bonchev–Trinajstić information content (AvgIpc) is 2.81. The Balaban J connectivity index is 1.91. The summed E-state index contributed by atoms with van der Waals surface area (Å²) in [5.74, 6) is 0.612. The van der Waals surface area contributed by atoms with Crippen molar-refractivity contribution in [1.29, 1.82) is 0 Å². The molecule has 2 aromatic heterocycles. The Kier molecular flexibility index (Phi) is 8.59. The highest BCUT2D eigenvalue weighted by Crippen LogP contribution is 2.13. The number of pyridine rings is 1. The number of nitrogens with zero attached hydrogens (tertiary/aromatic N) is 4. The smallest absolute Gasteiger partial charge is 0.354 e. The van der Waals surface area contributed by atoms with Gasteiger partial charge in [-0.1, -0.05) is 35.9 Å². The zero-order valence-corrected chi connectivity index (χ0v) is 20.0. The zero-order chi connectivity index (χ0) is 24.5. The summed E-state index contributed by atoms with van der Waals surface area (Å²) in [6, 6.07) is 12.6. The fourth-order valence-electron chi connectivity index (χ4n) is 3.09. The number of rotatable bonds is 9. The van der Waals surface area contributed by atoms with Gasteiger partial charge in [-0.3, -0.25) is 4.57 Å². The predicted octanol–water partition coefficient (Wildman–Crippen LogP) is 4.29. The molecule has 0 saturated heterocycles. The summed E-state index contributed by atoms with van der Waals surface area (Å²) in [6.07, 6.45) is 8.53. The normalized spacial score (nSPS) is 11.9. The standard InChI is InChI=1S/C25H26ClN5O3/c1-4-8-21(10-7-16-34-22-11-6-9-18(3)27-22)28-23-29-24(32)30(5-2)25(33)31(23)17-19-12-14-20(26)15-13-19/h4,6-16H,5,17H2,1-3H3,(H,28,29,32)/b8-4-,16-7+,21-10+. The van der Waals surface area contributed by atoms with Crippen LogP contribution in [0.5, 0.6) is 5.88 Å². The van der Waals surface area contributed by atoms with Crippen LogP contribution in [-0.2, 0) is 13.1 Å². The molecule has 0 unspecified atom stereocenters. The van der Waals surface area contributed by atoms with Crippen LogP contribution in [0.15, 0.2) is 88.3 Å². The number of benzene rings is 1. The van der Waals surface area contributed by atoms with Gasteiger partial charge in [0.25, 0.3) is 0 Å². The summed E-state index contributed by atoms with van der Waals surface area (Å²) < 4.78 is 8.03. The quantitative estimate of drug-likeness (QED) is 0.363. The summed E-state index contributed by atoms with van der Waals surface area (Å²) in [5, 5.41) is 3.68. The Morgan fingerprint density at radius 3 is 2.56 bits per heavy atom. The van der Waals surface area contributed by atoms with E-state index in [-0.39, 0.29) is 19.0 Å². The highest BCUT2D eigenvalue weighted by atomic mass is 35.5.